The van der Waals surface area contributed by atoms with Crippen LogP contribution in [-0.2, 0) is 4.79 Å². The first-order chi connectivity index (χ1) is 11.3. The van der Waals surface area contributed by atoms with Gasteiger partial charge in [-0.2, -0.15) is 0 Å². The highest BCUT2D eigenvalue weighted by Gasteiger charge is 2.08. The Hall–Kier alpha value is -2.38. The summed E-state index contributed by atoms with van der Waals surface area (Å²) in [6.45, 7) is 3.15. The third-order valence-electron chi connectivity index (χ3n) is 2.95. The van der Waals surface area contributed by atoms with Crippen LogP contribution >= 0.6 is 23.5 Å². The van der Waals surface area contributed by atoms with E-state index in [-0.39, 0.29) is 16.7 Å². The third-order valence-corrected chi connectivity index (χ3v) is 4.00. The van der Waals surface area contributed by atoms with Gasteiger partial charge in [-0.25, -0.2) is 4.79 Å². The Bertz CT molecular complexity index is 743. The van der Waals surface area contributed by atoms with E-state index in [9.17, 15) is 14.7 Å². The average molecular weight is 366 g/mol. The zero-order valence-electron chi connectivity index (χ0n) is 13.0. The van der Waals surface area contributed by atoms with Crippen molar-refractivity contribution in [2.45, 2.75) is 18.7 Å². The van der Waals surface area contributed by atoms with Crippen molar-refractivity contribution in [2.75, 3.05) is 10.6 Å². The molecule has 2 aromatic carbocycles. The van der Waals surface area contributed by atoms with Crippen LogP contribution in [0.4, 0.5) is 16.2 Å². The second kappa shape index (κ2) is 7.94. The molecule has 3 amide bonds. The number of hydrogen-bond donors (Lipinski definition) is 4. The number of urea groups is 1. The number of amides is 3. The molecule has 2 aromatic rings. The summed E-state index contributed by atoms with van der Waals surface area (Å²) in [6, 6.07) is 9.61. The molecule has 0 spiro atoms. The Balaban J connectivity index is 1.90. The Morgan fingerprint density at radius 2 is 1.67 bits per heavy atom. The topological polar surface area (TPSA) is 90.5 Å². The molecule has 0 heterocycles. The van der Waals surface area contributed by atoms with E-state index in [1.165, 1.54) is 6.92 Å². The number of phenols is 1. The SMILES string of the molecule is CC(=O)Nc1ccc(NC(=O)NSc2cc(C)c(O)c(Cl)c2)cc1. The van der Waals surface area contributed by atoms with Gasteiger partial charge in [-0.05, 0) is 60.8 Å². The van der Waals surface area contributed by atoms with Gasteiger partial charge in [0.2, 0.25) is 5.91 Å². The van der Waals surface area contributed by atoms with Crippen molar-refractivity contribution < 1.29 is 14.7 Å². The number of nitrogens with one attached hydrogen (secondary N) is 3. The number of carbonyl (C=O) groups is 2. The predicted octanol–water partition coefficient (Wildman–Crippen LogP) is 4.14. The van der Waals surface area contributed by atoms with Crippen molar-refractivity contribution in [2.24, 2.45) is 0 Å². The molecule has 4 N–H and O–H groups in total. The third kappa shape index (κ3) is 5.07. The van der Waals surface area contributed by atoms with Crippen LogP contribution in [0.5, 0.6) is 5.75 Å². The number of aromatic hydroxyl groups is 1. The fraction of sp³-hybridized carbons (Fsp3) is 0.125. The second-order valence-corrected chi connectivity index (χ2v) is 6.27. The van der Waals surface area contributed by atoms with E-state index in [4.69, 9.17) is 11.6 Å². The number of anilines is 2. The van der Waals surface area contributed by atoms with Crippen LogP contribution in [0.25, 0.3) is 0 Å². The Morgan fingerprint density at radius 1 is 1.08 bits per heavy atom. The maximum absolute atomic E-state index is 11.9. The lowest BCUT2D eigenvalue weighted by atomic mass is 10.2. The molecule has 0 aliphatic heterocycles. The van der Waals surface area contributed by atoms with Gasteiger partial charge in [0.25, 0.3) is 0 Å². The molecule has 0 aromatic heterocycles. The molecule has 0 fully saturated rings. The maximum atomic E-state index is 11.9. The van der Waals surface area contributed by atoms with Crippen molar-refractivity contribution in [1.82, 2.24) is 4.72 Å². The normalized spacial score (nSPS) is 10.1. The smallest absolute Gasteiger partial charge is 0.329 e. The van der Waals surface area contributed by atoms with Crippen LogP contribution in [-0.4, -0.2) is 17.0 Å². The lowest BCUT2D eigenvalue weighted by molar-refractivity contribution is -0.114. The standard InChI is InChI=1S/C16H16ClN3O3S/c1-9-7-13(8-14(17)15(9)22)24-20-16(23)19-12-5-3-11(4-6-12)18-10(2)21/h3-8,22H,1-2H3,(H,18,21)(H2,19,20,23). The zero-order valence-corrected chi connectivity index (χ0v) is 14.6. The summed E-state index contributed by atoms with van der Waals surface area (Å²) in [5.41, 5.74) is 1.86. The largest absolute Gasteiger partial charge is 0.506 e. The van der Waals surface area contributed by atoms with Gasteiger partial charge in [-0.3, -0.25) is 9.52 Å². The van der Waals surface area contributed by atoms with E-state index in [1.807, 2.05) is 0 Å². The second-order valence-electron chi connectivity index (χ2n) is 4.99. The van der Waals surface area contributed by atoms with Crippen LogP contribution in [0, 0.1) is 6.92 Å². The lowest BCUT2D eigenvalue weighted by Gasteiger charge is -2.09. The van der Waals surface area contributed by atoms with Crippen molar-refractivity contribution in [3.05, 3.63) is 47.0 Å². The Kier molecular flexibility index (Phi) is 5.94. The molecule has 0 atom stereocenters. The molecule has 0 saturated carbocycles. The van der Waals surface area contributed by atoms with E-state index < -0.39 is 6.03 Å². The van der Waals surface area contributed by atoms with Gasteiger partial charge in [-0.1, -0.05) is 11.6 Å². The summed E-state index contributed by atoms with van der Waals surface area (Å²) in [7, 11) is 0. The van der Waals surface area contributed by atoms with Gasteiger partial charge < -0.3 is 15.7 Å². The first kappa shape index (κ1) is 18.0. The summed E-state index contributed by atoms with van der Waals surface area (Å²) in [6.07, 6.45) is 0. The van der Waals surface area contributed by atoms with Crippen LogP contribution in [0.1, 0.15) is 12.5 Å². The summed E-state index contributed by atoms with van der Waals surface area (Å²) < 4.78 is 2.62. The van der Waals surface area contributed by atoms with Crippen molar-refractivity contribution in [1.29, 1.82) is 0 Å². The van der Waals surface area contributed by atoms with Crippen molar-refractivity contribution in [3.8, 4) is 5.75 Å². The summed E-state index contributed by atoms with van der Waals surface area (Å²) in [5, 5.41) is 15.2. The number of benzene rings is 2. The molecule has 126 valence electrons. The van der Waals surface area contributed by atoms with Gasteiger partial charge in [0.05, 0.1) is 5.02 Å². The zero-order chi connectivity index (χ0) is 17.7. The number of halogens is 1. The van der Waals surface area contributed by atoms with Gasteiger partial charge >= 0.3 is 6.03 Å². The molecule has 0 unspecified atom stereocenters. The van der Waals surface area contributed by atoms with E-state index in [0.29, 0.717) is 21.8 Å². The molecular weight excluding hydrogens is 350 g/mol. The van der Waals surface area contributed by atoms with E-state index in [0.717, 1.165) is 11.9 Å². The predicted molar refractivity (Wildman–Crippen MR) is 96.6 cm³/mol. The van der Waals surface area contributed by atoms with Crippen LogP contribution in [0.3, 0.4) is 0 Å². The Labute approximate surface area is 148 Å². The van der Waals surface area contributed by atoms with E-state index >= 15 is 0 Å². The minimum absolute atomic E-state index is 0.0322. The summed E-state index contributed by atoms with van der Waals surface area (Å²) >= 11 is 6.98. The van der Waals surface area contributed by atoms with Gasteiger partial charge in [0.1, 0.15) is 5.75 Å². The fourth-order valence-corrected chi connectivity index (χ4v) is 2.87. The molecule has 0 bridgehead atoms. The molecule has 2 rings (SSSR count). The number of phenolic OH excluding ortho intramolecular Hbond substituents is 1. The molecule has 6 nitrogen and oxygen atoms in total. The number of hydrogen-bond acceptors (Lipinski definition) is 4. The minimum atomic E-state index is -0.408. The maximum Gasteiger partial charge on any atom is 0.329 e. The molecule has 24 heavy (non-hydrogen) atoms. The quantitative estimate of drug-likeness (QED) is 0.613. The summed E-state index contributed by atoms with van der Waals surface area (Å²) in [4.78, 5) is 23.5. The summed E-state index contributed by atoms with van der Waals surface area (Å²) in [5.74, 6) is -0.127. The average Bonchev–Trinajstić information content (AvgIpc) is 2.52. The first-order valence-electron chi connectivity index (χ1n) is 6.96. The van der Waals surface area contributed by atoms with Crippen molar-refractivity contribution in [3.63, 3.8) is 0 Å². The van der Waals surface area contributed by atoms with Crippen LogP contribution in [0.15, 0.2) is 41.3 Å². The van der Waals surface area contributed by atoms with E-state index in [1.54, 1.807) is 43.3 Å². The highest BCUT2D eigenvalue weighted by Crippen LogP contribution is 2.31. The lowest BCUT2D eigenvalue weighted by Crippen LogP contribution is -2.22. The highest BCUT2D eigenvalue weighted by atomic mass is 35.5. The molecular formula is C16H16ClN3O3S. The number of rotatable bonds is 4. The molecule has 0 aliphatic carbocycles. The van der Waals surface area contributed by atoms with Gasteiger partial charge in [0.15, 0.2) is 0 Å². The Morgan fingerprint density at radius 3 is 2.21 bits per heavy atom. The van der Waals surface area contributed by atoms with Gasteiger partial charge in [0, 0.05) is 23.2 Å². The van der Waals surface area contributed by atoms with Crippen LogP contribution < -0.4 is 15.4 Å². The molecule has 0 radical (unpaired) electrons. The fourth-order valence-electron chi connectivity index (χ4n) is 1.87. The number of carbonyl (C=O) groups excluding carboxylic acids is 2. The minimum Gasteiger partial charge on any atom is -0.506 e. The first-order valence-corrected chi connectivity index (χ1v) is 8.15. The molecule has 0 aliphatic rings. The molecule has 0 saturated heterocycles. The molecule has 8 heteroatoms. The van der Waals surface area contributed by atoms with Crippen LogP contribution in [0.2, 0.25) is 5.02 Å². The van der Waals surface area contributed by atoms with Crippen molar-refractivity contribution >= 4 is 46.9 Å². The van der Waals surface area contributed by atoms with Gasteiger partial charge in [-0.15, -0.1) is 0 Å². The number of aryl methyl sites for hydroxylation is 1. The highest BCUT2D eigenvalue weighted by molar-refractivity contribution is 7.98. The monoisotopic (exact) mass is 365 g/mol. The van der Waals surface area contributed by atoms with E-state index in [2.05, 4.69) is 15.4 Å².